The number of anilines is 1. The second-order valence-corrected chi connectivity index (χ2v) is 7.11. The van der Waals surface area contributed by atoms with Gasteiger partial charge in [-0.15, -0.1) is 0 Å². The number of aryl methyl sites for hydroxylation is 1. The Morgan fingerprint density at radius 1 is 1.07 bits per heavy atom. The fourth-order valence-electron chi connectivity index (χ4n) is 3.44. The van der Waals surface area contributed by atoms with Gasteiger partial charge in [-0.3, -0.25) is 4.79 Å². The van der Waals surface area contributed by atoms with E-state index in [0.29, 0.717) is 19.6 Å². The molecule has 1 aliphatic heterocycles. The summed E-state index contributed by atoms with van der Waals surface area (Å²) in [5.41, 5.74) is 4.88. The smallest absolute Gasteiger partial charge is 0.239 e. The van der Waals surface area contributed by atoms with Gasteiger partial charge in [0.05, 0.1) is 13.1 Å². The summed E-state index contributed by atoms with van der Waals surface area (Å²) >= 11 is 0. The van der Waals surface area contributed by atoms with Crippen LogP contribution in [0.3, 0.4) is 0 Å². The average molecular weight is 394 g/mol. The van der Waals surface area contributed by atoms with Crippen molar-refractivity contribution in [3.63, 3.8) is 0 Å². The summed E-state index contributed by atoms with van der Waals surface area (Å²) in [5.74, 6) is 0.895. The summed E-state index contributed by atoms with van der Waals surface area (Å²) in [7, 11) is 0. The highest BCUT2D eigenvalue weighted by Crippen LogP contribution is 2.16. The molecule has 0 unspecified atom stereocenters. The summed E-state index contributed by atoms with van der Waals surface area (Å²) in [4.78, 5) is 18.4. The van der Waals surface area contributed by atoms with Crippen LogP contribution in [-0.2, 0) is 24.3 Å². The fourth-order valence-corrected chi connectivity index (χ4v) is 3.44. The van der Waals surface area contributed by atoms with Gasteiger partial charge in [0.2, 0.25) is 5.91 Å². The number of carbonyl (C=O) groups is 1. The highest BCUT2D eigenvalue weighted by Gasteiger charge is 2.16. The number of piperazine rings is 1. The van der Waals surface area contributed by atoms with Crippen LogP contribution in [0, 0.1) is 0 Å². The topological polar surface area (TPSA) is 68.8 Å². The number of nitrogens with zero attached hydrogens (tertiary/aromatic N) is 2. The second kappa shape index (κ2) is 10.5. The molecule has 154 valence electrons. The van der Waals surface area contributed by atoms with Crippen molar-refractivity contribution < 1.29 is 4.79 Å². The maximum absolute atomic E-state index is 11.6. The Morgan fingerprint density at radius 3 is 2.52 bits per heavy atom. The Bertz CT molecular complexity index is 831. The lowest BCUT2D eigenvalue weighted by atomic mass is 10.1. The molecule has 6 nitrogen and oxygen atoms in total. The second-order valence-electron chi connectivity index (χ2n) is 7.11. The van der Waals surface area contributed by atoms with Crippen molar-refractivity contribution >= 4 is 17.6 Å². The molecule has 0 aliphatic carbocycles. The van der Waals surface area contributed by atoms with Gasteiger partial charge in [0.1, 0.15) is 0 Å². The highest BCUT2D eigenvalue weighted by atomic mass is 16.2. The van der Waals surface area contributed by atoms with Gasteiger partial charge in [-0.1, -0.05) is 43.3 Å². The van der Waals surface area contributed by atoms with E-state index in [2.05, 4.69) is 83.2 Å². The number of nitrogens with one attached hydrogen (secondary N) is 3. The maximum Gasteiger partial charge on any atom is 0.239 e. The van der Waals surface area contributed by atoms with Crippen molar-refractivity contribution in [3.05, 3.63) is 65.2 Å². The van der Waals surface area contributed by atoms with Crippen LogP contribution in [-0.4, -0.2) is 38.0 Å². The lowest BCUT2D eigenvalue weighted by Crippen LogP contribution is -2.47. The van der Waals surface area contributed by atoms with Gasteiger partial charge < -0.3 is 20.9 Å². The number of carbonyl (C=O) groups excluding carboxylic acids is 1. The van der Waals surface area contributed by atoms with E-state index in [9.17, 15) is 4.79 Å². The van der Waals surface area contributed by atoms with Gasteiger partial charge in [0, 0.05) is 31.9 Å². The average Bonchev–Trinajstić information content (AvgIpc) is 2.76. The van der Waals surface area contributed by atoms with E-state index in [-0.39, 0.29) is 5.91 Å². The first-order valence-corrected chi connectivity index (χ1v) is 10.4. The predicted molar refractivity (Wildman–Crippen MR) is 119 cm³/mol. The molecule has 0 radical (unpaired) electrons. The van der Waals surface area contributed by atoms with E-state index in [4.69, 9.17) is 4.99 Å². The normalized spacial score (nSPS) is 14.5. The van der Waals surface area contributed by atoms with Gasteiger partial charge in [0.15, 0.2) is 5.96 Å². The van der Waals surface area contributed by atoms with Crippen LogP contribution >= 0.6 is 0 Å². The Kier molecular flexibility index (Phi) is 7.50. The van der Waals surface area contributed by atoms with Crippen LogP contribution in [0.4, 0.5) is 5.69 Å². The monoisotopic (exact) mass is 393 g/mol. The third-order valence-corrected chi connectivity index (χ3v) is 5.05. The van der Waals surface area contributed by atoms with Crippen molar-refractivity contribution in [2.24, 2.45) is 4.99 Å². The summed E-state index contributed by atoms with van der Waals surface area (Å²) in [6.45, 7) is 8.39. The van der Waals surface area contributed by atoms with Crippen molar-refractivity contribution in [3.8, 4) is 0 Å². The summed E-state index contributed by atoms with van der Waals surface area (Å²) in [5, 5.41) is 9.61. The van der Waals surface area contributed by atoms with Gasteiger partial charge >= 0.3 is 0 Å². The molecular formula is C23H31N5O. The molecule has 0 spiro atoms. The number of amides is 1. The first kappa shape index (κ1) is 20.7. The Balaban J connectivity index is 1.60. The number of hydrogen-bond acceptors (Lipinski definition) is 3. The first-order chi connectivity index (χ1) is 14.2. The number of guanidine groups is 1. The van der Waals surface area contributed by atoms with Crippen LogP contribution in [0.1, 0.15) is 30.5 Å². The van der Waals surface area contributed by atoms with Crippen LogP contribution in [0.25, 0.3) is 0 Å². The molecule has 1 amide bonds. The Hall–Kier alpha value is -3.02. The van der Waals surface area contributed by atoms with Crippen molar-refractivity contribution in [2.75, 3.05) is 31.1 Å². The standard InChI is InChI=1S/C23H31N5O/c1-3-19-7-5-6-8-20(19)16-27-23(24-4-2)26-15-18-9-11-21(12-10-18)28-14-13-25-22(29)17-28/h5-12H,3-4,13-17H2,1-2H3,(H,25,29)(H2,24,26,27). The molecule has 0 saturated carbocycles. The lowest BCUT2D eigenvalue weighted by Gasteiger charge is -2.28. The van der Waals surface area contributed by atoms with Gasteiger partial charge in [-0.05, 0) is 42.2 Å². The van der Waals surface area contributed by atoms with Crippen LogP contribution < -0.4 is 20.9 Å². The van der Waals surface area contributed by atoms with E-state index in [1.165, 1.54) is 11.1 Å². The van der Waals surface area contributed by atoms with E-state index in [0.717, 1.165) is 43.3 Å². The highest BCUT2D eigenvalue weighted by molar-refractivity contribution is 5.82. The Morgan fingerprint density at radius 2 is 1.83 bits per heavy atom. The molecule has 3 N–H and O–H groups in total. The number of hydrogen-bond donors (Lipinski definition) is 3. The van der Waals surface area contributed by atoms with Gasteiger partial charge in [-0.25, -0.2) is 4.99 Å². The van der Waals surface area contributed by atoms with Crippen LogP contribution in [0.5, 0.6) is 0 Å². The molecule has 1 saturated heterocycles. The molecule has 0 atom stereocenters. The quantitative estimate of drug-likeness (QED) is 0.499. The zero-order chi connectivity index (χ0) is 20.5. The molecule has 1 fully saturated rings. The summed E-state index contributed by atoms with van der Waals surface area (Å²) in [6, 6.07) is 16.8. The molecule has 29 heavy (non-hydrogen) atoms. The minimum atomic E-state index is 0.0796. The minimum Gasteiger partial charge on any atom is -0.360 e. The van der Waals surface area contributed by atoms with Crippen molar-refractivity contribution in [1.82, 2.24) is 16.0 Å². The molecular weight excluding hydrogens is 362 g/mol. The van der Waals surface area contributed by atoms with Crippen LogP contribution in [0.15, 0.2) is 53.5 Å². The van der Waals surface area contributed by atoms with E-state index >= 15 is 0 Å². The minimum absolute atomic E-state index is 0.0796. The maximum atomic E-state index is 11.6. The van der Waals surface area contributed by atoms with Crippen molar-refractivity contribution in [1.29, 1.82) is 0 Å². The molecule has 0 aromatic heterocycles. The van der Waals surface area contributed by atoms with Crippen LogP contribution in [0.2, 0.25) is 0 Å². The van der Waals surface area contributed by atoms with E-state index in [1.54, 1.807) is 0 Å². The number of benzene rings is 2. The number of aliphatic imine (C=N–C) groups is 1. The first-order valence-electron chi connectivity index (χ1n) is 10.4. The summed E-state index contributed by atoms with van der Waals surface area (Å²) in [6.07, 6.45) is 1.02. The predicted octanol–water partition coefficient (Wildman–Crippen LogP) is 2.44. The third kappa shape index (κ3) is 5.98. The fraction of sp³-hybridized carbons (Fsp3) is 0.391. The van der Waals surface area contributed by atoms with E-state index < -0.39 is 0 Å². The third-order valence-electron chi connectivity index (χ3n) is 5.05. The molecule has 3 rings (SSSR count). The lowest BCUT2D eigenvalue weighted by molar-refractivity contribution is -0.120. The zero-order valence-corrected chi connectivity index (χ0v) is 17.4. The summed E-state index contributed by atoms with van der Waals surface area (Å²) < 4.78 is 0. The molecule has 1 aliphatic rings. The molecule has 2 aromatic carbocycles. The largest absolute Gasteiger partial charge is 0.360 e. The van der Waals surface area contributed by atoms with Crippen molar-refractivity contribution in [2.45, 2.75) is 33.4 Å². The molecule has 2 aromatic rings. The van der Waals surface area contributed by atoms with E-state index in [1.807, 2.05) is 0 Å². The number of rotatable bonds is 7. The molecule has 6 heteroatoms. The Labute approximate surface area is 173 Å². The zero-order valence-electron chi connectivity index (χ0n) is 17.4. The van der Waals surface area contributed by atoms with Gasteiger partial charge in [-0.2, -0.15) is 0 Å². The molecule has 0 bridgehead atoms. The molecule has 1 heterocycles. The SMILES string of the molecule is CCNC(=NCc1ccc(N2CCNC(=O)C2)cc1)NCc1ccccc1CC. The van der Waals surface area contributed by atoms with Gasteiger partial charge in [0.25, 0.3) is 0 Å².